The average molecular weight is 395 g/mol. The monoisotopic (exact) mass is 395 g/mol. The minimum Gasteiger partial charge on any atom is -0.338 e. The fraction of sp³-hybridized carbons (Fsp3) is 0.444. The number of nitrogens with zero attached hydrogens (tertiary/aromatic N) is 9. The summed E-state index contributed by atoms with van der Waals surface area (Å²) < 4.78 is 1.71. The van der Waals surface area contributed by atoms with Crippen molar-refractivity contribution in [1.82, 2.24) is 34.4 Å². The number of aryl methyl sites for hydroxylation is 1. The Labute approximate surface area is 167 Å². The maximum atomic E-state index is 8.74. The molecule has 1 saturated heterocycles. The Bertz CT molecular complexity index is 1020. The van der Waals surface area contributed by atoms with Crippen molar-refractivity contribution in [3.63, 3.8) is 0 Å². The molecule has 0 amide bonds. The Hall–Kier alpha value is -2.77. The van der Waals surface area contributed by atoms with Crippen LogP contribution in [-0.2, 0) is 0 Å². The van der Waals surface area contributed by atoms with Crippen LogP contribution in [0.4, 0.5) is 5.95 Å². The largest absolute Gasteiger partial charge is 0.338 e. The molecule has 0 bridgehead atoms. The third kappa shape index (κ3) is 3.63. The molecule has 0 aromatic carbocycles. The Balaban J connectivity index is 1.63. The molecule has 1 aliphatic heterocycles. The first-order valence-corrected chi connectivity index (χ1v) is 10.2. The normalized spacial score (nSPS) is 15.1. The van der Waals surface area contributed by atoms with Crippen molar-refractivity contribution in [2.75, 3.05) is 43.4 Å². The van der Waals surface area contributed by atoms with Crippen LogP contribution in [-0.4, -0.2) is 72.9 Å². The first-order chi connectivity index (χ1) is 13.7. The Morgan fingerprint density at radius 2 is 2.00 bits per heavy atom. The molecule has 3 aromatic rings. The molecular weight excluding hydrogens is 374 g/mol. The van der Waals surface area contributed by atoms with Crippen LogP contribution >= 0.6 is 11.8 Å². The van der Waals surface area contributed by atoms with E-state index in [1.807, 2.05) is 13.0 Å². The summed E-state index contributed by atoms with van der Waals surface area (Å²) in [7, 11) is 0. The number of hydrogen-bond acceptors (Lipinski definition) is 9. The highest BCUT2D eigenvalue weighted by Crippen LogP contribution is 2.24. The summed E-state index contributed by atoms with van der Waals surface area (Å²) in [5.41, 5.74) is 2.61. The second-order valence-corrected chi connectivity index (χ2v) is 7.42. The second kappa shape index (κ2) is 8.08. The lowest BCUT2D eigenvalue weighted by Gasteiger charge is -2.34. The van der Waals surface area contributed by atoms with Gasteiger partial charge in [0.05, 0.1) is 23.2 Å². The van der Waals surface area contributed by atoms with E-state index in [9.17, 15) is 0 Å². The van der Waals surface area contributed by atoms with E-state index >= 15 is 0 Å². The van der Waals surface area contributed by atoms with Crippen LogP contribution in [0.25, 0.3) is 17.0 Å². The number of anilines is 1. The highest BCUT2D eigenvalue weighted by molar-refractivity contribution is 7.99. The number of fused-ring (bicyclic) bond motifs is 1. The summed E-state index contributed by atoms with van der Waals surface area (Å²) in [6.45, 7) is 9.14. The Morgan fingerprint density at radius 1 is 1.18 bits per heavy atom. The van der Waals surface area contributed by atoms with Gasteiger partial charge in [-0.25, -0.2) is 15.0 Å². The molecule has 4 rings (SSSR count). The van der Waals surface area contributed by atoms with Crippen molar-refractivity contribution in [2.45, 2.75) is 19.0 Å². The van der Waals surface area contributed by atoms with Crippen LogP contribution in [0.3, 0.4) is 0 Å². The maximum absolute atomic E-state index is 8.74. The molecule has 4 heterocycles. The minimum absolute atomic E-state index is 0.309. The second-order valence-electron chi connectivity index (χ2n) is 6.47. The highest BCUT2D eigenvalue weighted by atomic mass is 32.2. The van der Waals surface area contributed by atoms with Crippen molar-refractivity contribution < 1.29 is 0 Å². The van der Waals surface area contributed by atoms with Crippen LogP contribution in [0.2, 0.25) is 0 Å². The van der Waals surface area contributed by atoms with Crippen LogP contribution in [0.5, 0.6) is 0 Å². The lowest BCUT2D eigenvalue weighted by atomic mass is 10.2. The zero-order chi connectivity index (χ0) is 19.5. The van der Waals surface area contributed by atoms with Crippen molar-refractivity contribution in [2.24, 2.45) is 0 Å². The number of likely N-dealkylation sites (N-methyl/N-ethyl adjacent to an activating group) is 1. The molecule has 10 heteroatoms. The van der Waals surface area contributed by atoms with Crippen LogP contribution in [0.15, 0.2) is 23.6 Å². The molecule has 3 aromatic heterocycles. The molecule has 0 N–H and O–H groups in total. The van der Waals surface area contributed by atoms with E-state index in [1.165, 1.54) is 11.8 Å². The third-order valence-corrected chi connectivity index (χ3v) is 5.58. The molecule has 0 atom stereocenters. The zero-order valence-electron chi connectivity index (χ0n) is 15.9. The Morgan fingerprint density at radius 3 is 2.75 bits per heavy atom. The maximum Gasteiger partial charge on any atom is 0.253 e. The van der Waals surface area contributed by atoms with Crippen molar-refractivity contribution in [3.8, 4) is 17.3 Å². The van der Waals surface area contributed by atoms with Gasteiger partial charge in [0.2, 0.25) is 11.1 Å². The molecule has 0 aliphatic carbocycles. The van der Waals surface area contributed by atoms with Gasteiger partial charge < -0.3 is 9.80 Å². The molecular formula is C18H21N9S. The van der Waals surface area contributed by atoms with Gasteiger partial charge in [-0.05, 0) is 19.5 Å². The van der Waals surface area contributed by atoms with E-state index in [0.29, 0.717) is 16.7 Å². The fourth-order valence-corrected chi connectivity index (χ4v) is 3.73. The van der Waals surface area contributed by atoms with Gasteiger partial charge in [-0.1, -0.05) is 18.7 Å². The minimum atomic E-state index is 0.309. The van der Waals surface area contributed by atoms with E-state index in [-0.39, 0.29) is 0 Å². The van der Waals surface area contributed by atoms with E-state index < -0.39 is 0 Å². The standard InChI is InChI=1S/C18H21N9S/c1-3-25-7-9-26(10-8-25)16-20-6-4-15(22-16)14-12-21-17-23-18(28-11-5-19)24-27(17)13(14)2/h4,6,12H,3,7-11H2,1-2H3. The van der Waals surface area contributed by atoms with E-state index in [1.54, 1.807) is 16.9 Å². The Kier molecular flexibility index (Phi) is 5.36. The van der Waals surface area contributed by atoms with Crippen molar-refractivity contribution in [3.05, 3.63) is 24.2 Å². The smallest absolute Gasteiger partial charge is 0.253 e. The molecule has 1 fully saturated rings. The molecule has 0 radical (unpaired) electrons. The van der Waals surface area contributed by atoms with Crippen LogP contribution in [0.1, 0.15) is 12.6 Å². The average Bonchev–Trinajstić information content (AvgIpc) is 3.17. The number of piperazine rings is 1. The number of rotatable bonds is 5. The van der Waals surface area contributed by atoms with Gasteiger partial charge in [0, 0.05) is 44.1 Å². The number of hydrogen-bond donors (Lipinski definition) is 0. The summed E-state index contributed by atoms with van der Waals surface area (Å²) in [6.07, 6.45) is 3.57. The molecule has 0 spiro atoms. The number of thioether (sulfide) groups is 1. The molecule has 28 heavy (non-hydrogen) atoms. The number of aromatic nitrogens is 6. The van der Waals surface area contributed by atoms with Gasteiger partial charge in [-0.2, -0.15) is 14.8 Å². The van der Waals surface area contributed by atoms with E-state index in [2.05, 4.69) is 42.8 Å². The van der Waals surface area contributed by atoms with Gasteiger partial charge in [-0.15, -0.1) is 5.10 Å². The van der Waals surface area contributed by atoms with Gasteiger partial charge in [0.25, 0.3) is 5.78 Å². The SMILES string of the molecule is CCN1CCN(c2nccc(-c3cnc4nc(SCC#N)nn4c3C)n2)CC1. The lowest BCUT2D eigenvalue weighted by Crippen LogP contribution is -2.46. The van der Waals surface area contributed by atoms with Gasteiger partial charge in [0.15, 0.2) is 0 Å². The fourth-order valence-electron chi connectivity index (χ4n) is 3.25. The van der Waals surface area contributed by atoms with Gasteiger partial charge in [-0.3, -0.25) is 0 Å². The first-order valence-electron chi connectivity index (χ1n) is 9.22. The molecule has 9 nitrogen and oxygen atoms in total. The lowest BCUT2D eigenvalue weighted by molar-refractivity contribution is 0.270. The topological polar surface area (TPSA) is 99.1 Å². The molecule has 0 unspecified atom stereocenters. The van der Waals surface area contributed by atoms with Crippen LogP contribution in [0, 0.1) is 18.3 Å². The van der Waals surface area contributed by atoms with Gasteiger partial charge in [0.1, 0.15) is 0 Å². The van der Waals surface area contributed by atoms with Crippen molar-refractivity contribution >= 4 is 23.5 Å². The predicted octanol–water partition coefficient (Wildman–Crippen LogP) is 1.65. The highest BCUT2D eigenvalue weighted by Gasteiger charge is 2.19. The van der Waals surface area contributed by atoms with Crippen LogP contribution < -0.4 is 4.90 Å². The van der Waals surface area contributed by atoms with E-state index in [0.717, 1.165) is 55.6 Å². The third-order valence-electron chi connectivity index (χ3n) is 4.87. The summed E-state index contributed by atoms with van der Waals surface area (Å²) in [5, 5.41) is 13.8. The van der Waals surface area contributed by atoms with E-state index in [4.69, 9.17) is 10.2 Å². The summed E-state index contributed by atoms with van der Waals surface area (Å²) >= 11 is 1.30. The van der Waals surface area contributed by atoms with Crippen molar-refractivity contribution in [1.29, 1.82) is 5.26 Å². The van der Waals surface area contributed by atoms with Gasteiger partial charge >= 0.3 is 0 Å². The molecule has 1 aliphatic rings. The first kappa shape index (κ1) is 18.6. The summed E-state index contributed by atoms with van der Waals surface area (Å²) in [5.74, 6) is 1.58. The molecule has 144 valence electrons. The molecule has 0 saturated carbocycles. The number of nitriles is 1. The summed E-state index contributed by atoms with van der Waals surface area (Å²) in [6, 6.07) is 3.98. The quantitative estimate of drug-likeness (QED) is 0.597. The predicted molar refractivity (Wildman–Crippen MR) is 107 cm³/mol. The zero-order valence-corrected chi connectivity index (χ0v) is 16.7. The summed E-state index contributed by atoms with van der Waals surface area (Å²) in [4.78, 5) is 22.7.